The van der Waals surface area contributed by atoms with Crippen molar-refractivity contribution < 1.29 is 19.1 Å². The fraction of sp³-hybridized carbons (Fsp3) is 0.167. The van der Waals surface area contributed by atoms with Crippen LogP contribution in [0.15, 0.2) is 77.7 Å². The van der Waals surface area contributed by atoms with E-state index in [4.69, 9.17) is 9.47 Å². The molecule has 0 fully saturated rings. The number of hydrogen-bond donors (Lipinski definition) is 2. The highest BCUT2D eigenvalue weighted by Crippen LogP contribution is 2.29. The molecule has 0 bridgehead atoms. The molecule has 0 atom stereocenters. The molecule has 31 heavy (non-hydrogen) atoms. The first kappa shape index (κ1) is 22.2. The molecule has 0 aliphatic carbocycles. The molecule has 0 saturated heterocycles. The van der Waals surface area contributed by atoms with Crippen LogP contribution < -0.4 is 20.1 Å². The van der Waals surface area contributed by atoms with Crippen LogP contribution in [-0.4, -0.2) is 31.8 Å². The van der Waals surface area contributed by atoms with Crippen molar-refractivity contribution in [2.75, 3.05) is 30.6 Å². The second kappa shape index (κ2) is 11.1. The summed E-state index contributed by atoms with van der Waals surface area (Å²) >= 11 is 1.41. The molecule has 0 radical (unpaired) electrons. The van der Waals surface area contributed by atoms with Gasteiger partial charge < -0.3 is 20.1 Å². The Morgan fingerprint density at radius 2 is 1.58 bits per heavy atom. The number of nitrogens with one attached hydrogen (secondary N) is 2. The van der Waals surface area contributed by atoms with Crippen LogP contribution in [0.5, 0.6) is 11.5 Å². The number of amides is 2. The highest BCUT2D eigenvalue weighted by atomic mass is 32.2. The van der Waals surface area contributed by atoms with Crippen LogP contribution in [0.1, 0.15) is 5.56 Å². The maximum Gasteiger partial charge on any atom is 0.234 e. The fourth-order valence-electron chi connectivity index (χ4n) is 2.86. The lowest BCUT2D eigenvalue weighted by Crippen LogP contribution is -2.15. The average molecular weight is 437 g/mol. The van der Waals surface area contributed by atoms with E-state index in [2.05, 4.69) is 10.6 Å². The molecule has 0 spiro atoms. The molecule has 0 saturated carbocycles. The van der Waals surface area contributed by atoms with Crippen LogP contribution in [0.2, 0.25) is 0 Å². The van der Waals surface area contributed by atoms with E-state index in [1.807, 2.05) is 54.6 Å². The van der Waals surface area contributed by atoms with Gasteiger partial charge in [0.25, 0.3) is 0 Å². The topological polar surface area (TPSA) is 76.7 Å². The summed E-state index contributed by atoms with van der Waals surface area (Å²) < 4.78 is 10.5. The minimum atomic E-state index is -0.145. The van der Waals surface area contributed by atoms with E-state index in [1.165, 1.54) is 11.8 Å². The van der Waals surface area contributed by atoms with Crippen LogP contribution in [0.25, 0.3) is 0 Å². The zero-order valence-electron chi connectivity index (χ0n) is 17.4. The van der Waals surface area contributed by atoms with Gasteiger partial charge in [-0.1, -0.05) is 30.3 Å². The van der Waals surface area contributed by atoms with Gasteiger partial charge in [-0.05, 0) is 42.0 Å². The molecule has 0 unspecified atom stereocenters. The largest absolute Gasteiger partial charge is 0.497 e. The lowest BCUT2D eigenvalue weighted by Gasteiger charge is -2.11. The number of thioether (sulfide) groups is 1. The number of methoxy groups -OCH3 is 2. The van der Waals surface area contributed by atoms with Crippen molar-refractivity contribution in [3.63, 3.8) is 0 Å². The van der Waals surface area contributed by atoms with E-state index < -0.39 is 0 Å². The smallest absolute Gasteiger partial charge is 0.234 e. The third-order valence-electron chi connectivity index (χ3n) is 4.40. The van der Waals surface area contributed by atoms with Gasteiger partial charge in [0.15, 0.2) is 0 Å². The van der Waals surface area contributed by atoms with Gasteiger partial charge in [0.2, 0.25) is 11.8 Å². The van der Waals surface area contributed by atoms with Crippen LogP contribution >= 0.6 is 11.8 Å². The fourth-order valence-corrected chi connectivity index (χ4v) is 3.56. The Bertz CT molecular complexity index is 1020. The highest BCUT2D eigenvalue weighted by molar-refractivity contribution is 8.00. The Morgan fingerprint density at radius 1 is 0.839 bits per heavy atom. The predicted octanol–water partition coefficient (Wildman–Crippen LogP) is 4.62. The summed E-state index contributed by atoms with van der Waals surface area (Å²) in [4.78, 5) is 25.4. The molecule has 3 aromatic rings. The molecule has 0 aromatic heterocycles. The van der Waals surface area contributed by atoms with E-state index in [1.54, 1.807) is 32.4 Å². The van der Waals surface area contributed by atoms with Crippen molar-refractivity contribution in [1.82, 2.24) is 0 Å². The molecule has 160 valence electrons. The summed E-state index contributed by atoms with van der Waals surface area (Å²) in [5.74, 6) is 1.22. The monoisotopic (exact) mass is 436 g/mol. The second-order valence-corrected chi connectivity index (χ2v) is 7.69. The van der Waals surface area contributed by atoms with Gasteiger partial charge in [-0.2, -0.15) is 0 Å². The van der Waals surface area contributed by atoms with E-state index >= 15 is 0 Å². The lowest BCUT2D eigenvalue weighted by atomic mass is 10.1. The number of benzene rings is 3. The predicted molar refractivity (Wildman–Crippen MR) is 124 cm³/mol. The first-order valence-electron chi connectivity index (χ1n) is 9.66. The molecule has 2 amide bonds. The SMILES string of the molecule is COc1ccc(NC(=O)CSc2ccc(NC(=O)Cc3ccccc3)cc2)c(OC)c1. The number of carbonyl (C=O) groups is 2. The maximum absolute atomic E-state index is 12.3. The highest BCUT2D eigenvalue weighted by Gasteiger charge is 2.10. The molecule has 2 N–H and O–H groups in total. The Morgan fingerprint density at radius 3 is 2.26 bits per heavy atom. The molecular formula is C24H24N2O4S. The Labute approximate surface area is 186 Å². The lowest BCUT2D eigenvalue weighted by molar-refractivity contribution is -0.115. The Kier molecular flexibility index (Phi) is 7.95. The number of rotatable bonds is 9. The van der Waals surface area contributed by atoms with Gasteiger partial charge >= 0.3 is 0 Å². The van der Waals surface area contributed by atoms with Gasteiger partial charge in [0, 0.05) is 16.6 Å². The van der Waals surface area contributed by atoms with Crippen LogP contribution in [0.4, 0.5) is 11.4 Å². The van der Waals surface area contributed by atoms with E-state index in [0.717, 1.165) is 16.1 Å². The van der Waals surface area contributed by atoms with Gasteiger partial charge in [-0.25, -0.2) is 0 Å². The summed E-state index contributed by atoms with van der Waals surface area (Å²) in [5.41, 5.74) is 2.27. The quantitative estimate of drug-likeness (QED) is 0.479. The molecule has 0 heterocycles. The molecule has 7 heteroatoms. The third-order valence-corrected chi connectivity index (χ3v) is 5.41. The van der Waals surface area contributed by atoms with Crippen molar-refractivity contribution in [2.45, 2.75) is 11.3 Å². The number of anilines is 2. The minimum absolute atomic E-state index is 0.0700. The Balaban J connectivity index is 1.49. The maximum atomic E-state index is 12.3. The summed E-state index contributed by atoms with van der Waals surface area (Å²) in [6.45, 7) is 0. The first-order valence-corrected chi connectivity index (χ1v) is 10.6. The standard InChI is InChI=1S/C24H24N2O4S/c1-29-19-10-13-21(22(15-19)30-2)26-24(28)16-31-20-11-8-18(9-12-20)25-23(27)14-17-6-4-3-5-7-17/h3-13,15H,14,16H2,1-2H3,(H,25,27)(H,26,28). The molecule has 6 nitrogen and oxygen atoms in total. The zero-order chi connectivity index (χ0) is 22.1. The van der Waals surface area contributed by atoms with Crippen molar-refractivity contribution in [3.8, 4) is 11.5 Å². The molecule has 3 rings (SSSR count). The summed E-state index contributed by atoms with van der Waals surface area (Å²) in [7, 11) is 3.11. The number of ether oxygens (including phenoxy) is 2. The van der Waals surface area contributed by atoms with Gasteiger partial charge in [0.1, 0.15) is 11.5 Å². The van der Waals surface area contributed by atoms with Crippen molar-refractivity contribution in [2.24, 2.45) is 0 Å². The van der Waals surface area contributed by atoms with Gasteiger partial charge in [-0.15, -0.1) is 11.8 Å². The Hall–Kier alpha value is -3.45. The molecule has 0 aliphatic rings. The van der Waals surface area contributed by atoms with Crippen LogP contribution in [0, 0.1) is 0 Å². The third kappa shape index (κ3) is 6.79. The molecular weight excluding hydrogens is 412 g/mol. The first-order chi connectivity index (χ1) is 15.1. The van der Waals surface area contributed by atoms with Crippen molar-refractivity contribution >= 4 is 35.0 Å². The number of hydrogen-bond acceptors (Lipinski definition) is 5. The second-order valence-electron chi connectivity index (χ2n) is 6.64. The van der Waals surface area contributed by atoms with Crippen LogP contribution in [-0.2, 0) is 16.0 Å². The van der Waals surface area contributed by atoms with Gasteiger partial charge in [0.05, 0.1) is 32.1 Å². The number of carbonyl (C=O) groups excluding carboxylic acids is 2. The summed E-state index contributed by atoms with van der Waals surface area (Å²) in [5, 5.41) is 5.73. The van der Waals surface area contributed by atoms with E-state index in [0.29, 0.717) is 23.6 Å². The molecule has 0 aliphatic heterocycles. The van der Waals surface area contributed by atoms with Gasteiger partial charge in [-0.3, -0.25) is 9.59 Å². The van der Waals surface area contributed by atoms with Crippen molar-refractivity contribution in [1.29, 1.82) is 0 Å². The summed E-state index contributed by atoms with van der Waals surface area (Å²) in [6.07, 6.45) is 0.326. The average Bonchev–Trinajstić information content (AvgIpc) is 2.79. The van der Waals surface area contributed by atoms with Crippen LogP contribution in [0.3, 0.4) is 0 Å². The molecule has 3 aromatic carbocycles. The zero-order valence-corrected chi connectivity index (χ0v) is 18.2. The minimum Gasteiger partial charge on any atom is -0.497 e. The normalized spacial score (nSPS) is 10.3. The summed E-state index contributed by atoms with van der Waals surface area (Å²) in [6, 6.07) is 22.2. The van der Waals surface area contributed by atoms with Crippen molar-refractivity contribution in [3.05, 3.63) is 78.4 Å². The van der Waals surface area contributed by atoms with E-state index in [-0.39, 0.29) is 17.6 Å². The van der Waals surface area contributed by atoms with E-state index in [9.17, 15) is 9.59 Å².